The van der Waals surface area contributed by atoms with Crippen molar-refractivity contribution in [1.82, 2.24) is 4.72 Å². The maximum absolute atomic E-state index is 13.3. The van der Waals surface area contributed by atoms with Gasteiger partial charge in [0.05, 0.1) is 10.5 Å². The Hall–Kier alpha value is -1.47. The van der Waals surface area contributed by atoms with Crippen LogP contribution in [0.4, 0.5) is 4.39 Å². The van der Waals surface area contributed by atoms with E-state index in [0.29, 0.717) is 5.92 Å². The maximum atomic E-state index is 13.3. The van der Waals surface area contributed by atoms with Crippen LogP contribution >= 0.6 is 0 Å². The number of aromatic carboxylic acids is 1. The second-order valence-electron chi connectivity index (χ2n) is 5.52. The summed E-state index contributed by atoms with van der Waals surface area (Å²) < 4.78 is 40.4. The SMILES string of the molecule is CC1CCC(NS(=O)(=O)c2ccc(F)c(C(=O)O)c2)CC1. The van der Waals surface area contributed by atoms with Gasteiger partial charge in [0.2, 0.25) is 10.0 Å². The Bertz CT molecular complexity index is 636. The summed E-state index contributed by atoms with van der Waals surface area (Å²) in [4.78, 5) is 10.6. The summed E-state index contributed by atoms with van der Waals surface area (Å²) in [6.07, 6.45) is 3.43. The summed E-state index contributed by atoms with van der Waals surface area (Å²) >= 11 is 0. The molecule has 0 amide bonds. The van der Waals surface area contributed by atoms with Gasteiger partial charge >= 0.3 is 5.97 Å². The molecule has 5 nitrogen and oxygen atoms in total. The zero-order chi connectivity index (χ0) is 15.6. The highest BCUT2D eigenvalue weighted by Crippen LogP contribution is 2.25. The first kappa shape index (κ1) is 15.9. The normalized spacial score (nSPS) is 23.0. The fraction of sp³-hybridized carbons (Fsp3) is 0.500. The molecule has 1 aromatic carbocycles. The van der Waals surface area contributed by atoms with Crippen LogP contribution in [0.15, 0.2) is 23.1 Å². The number of benzene rings is 1. The predicted octanol–water partition coefficient (Wildman–Crippen LogP) is 2.38. The lowest BCUT2D eigenvalue weighted by atomic mass is 9.88. The Kier molecular flexibility index (Phi) is 4.63. The highest BCUT2D eigenvalue weighted by Gasteiger charge is 2.25. The highest BCUT2D eigenvalue weighted by atomic mass is 32.2. The van der Waals surface area contributed by atoms with Crippen molar-refractivity contribution in [3.8, 4) is 0 Å². The first-order valence-corrected chi connectivity index (χ1v) is 8.33. The Morgan fingerprint density at radius 1 is 1.29 bits per heavy atom. The van der Waals surface area contributed by atoms with E-state index in [4.69, 9.17) is 5.11 Å². The molecule has 0 spiro atoms. The van der Waals surface area contributed by atoms with Gasteiger partial charge < -0.3 is 5.11 Å². The molecule has 0 bridgehead atoms. The van der Waals surface area contributed by atoms with Crippen LogP contribution in [0.2, 0.25) is 0 Å². The first-order valence-electron chi connectivity index (χ1n) is 6.85. The lowest BCUT2D eigenvalue weighted by Crippen LogP contribution is -2.37. The molecule has 1 aromatic rings. The van der Waals surface area contributed by atoms with Crippen LogP contribution in [0.1, 0.15) is 43.0 Å². The number of carboxylic acid groups (broad SMARTS) is 1. The lowest BCUT2D eigenvalue weighted by Gasteiger charge is -2.26. The van der Waals surface area contributed by atoms with E-state index in [2.05, 4.69) is 11.6 Å². The summed E-state index contributed by atoms with van der Waals surface area (Å²) in [5, 5.41) is 8.85. The van der Waals surface area contributed by atoms with E-state index in [1.54, 1.807) is 0 Å². The number of nitrogens with one attached hydrogen (secondary N) is 1. The summed E-state index contributed by atoms with van der Waals surface area (Å²) in [5.41, 5.74) is -0.643. The number of carboxylic acids is 1. The number of rotatable bonds is 4. The van der Waals surface area contributed by atoms with Gasteiger partial charge in [0, 0.05) is 6.04 Å². The summed E-state index contributed by atoms with van der Waals surface area (Å²) in [6.45, 7) is 2.13. The highest BCUT2D eigenvalue weighted by molar-refractivity contribution is 7.89. The average molecular weight is 315 g/mol. The van der Waals surface area contributed by atoms with Gasteiger partial charge in [0.25, 0.3) is 0 Å². The molecule has 1 aliphatic rings. The molecule has 21 heavy (non-hydrogen) atoms. The lowest BCUT2D eigenvalue weighted by molar-refractivity contribution is 0.0691. The minimum absolute atomic E-state index is 0.149. The molecule has 0 unspecified atom stereocenters. The van der Waals surface area contributed by atoms with E-state index in [1.807, 2.05) is 0 Å². The quantitative estimate of drug-likeness (QED) is 0.893. The third-order valence-electron chi connectivity index (χ3n) is 3.82. The number of hydrogen-bond acceptors (Lipinski definition) is 3. The van der Waals surface area contributed by atoms with E-state index in [-0.39, 0.29) is 10.9 Å². The molecule has 116 valence electrons. The average Bonchev–Trinajstić information content (AvgIpc) is 2.41. The number of carbonyl (C=O) groups is 1. The van der Waals surface area contributed by atoms with Crippen molar-refractivity contribution in [2.75, 3.05) is 0 Å². The monoisotopic (exact) mass is 315 g/mol. The van der Waals surface area contributed by atoms with Gasteiger partial charge in [0.15, 0.2) is 0 Å². The molecule has 7 heteroatoms. The van der Waals surface area contributed by atoms with E-state index in [1.165, 1.54) is 0 Å². The van der Waals surface area contributed by atoms with Gasteiger partial charge in [0.1, 0.15) is 5.82 Å². The molecular weight excluding hydrogens is 297 g/mol. The summed E-state index contributed by atoms with van der Waals surface area (Å²) in [7, 11) is -3.83. The Balaban J connectivity index is 2.20. The van der Waals surface area contributed by atoms with E-state index in [0.717, 1.165) is 43.9 Å². The minimum Gasteiger partial charge on any atom is -0.478 e. The second kappa shape index (κ2) is 6.11. The van der Waals surface area contributed by atoms with Crippen molar-refractivity contribution < 1.29 is 22.7 Å². The standard InChI is InChI=1S/C14H18FNO4S/c1-9-2-4-10(5-3-9)16-21(19,20)11-6-7-13(15)12(8-11)14(17)18/h6-10,16H,2-5H2,1H3,(H,17,18). The largest absolute Gasteiger partial charge is 0.478 e. The first-order chi connectivity index (χ1) is 9.79. The molecule has 2 rings (SSSR count). The van der Waals surface area contributed by atoms with Crippen molar-refractivity contribution in [1.29, 1.82) is 0 Å². The third-order valence-corrected chi connectivity index (χ3v) is 5.33. The molecular formula is C14H18FNO4S. The van der Waals surface area contributed by atoms with Crippen molar-refractivity contribution in [3.05, 3.63) is 29.6 Å². The second-order valence-corrected chi connectivity index (χ2v) is 7.24. The van der Waals surface area contributed by atoms with Crippen LogP contribution in [-0.2, 0) is 10.0 Å². The molecule has 0 aliphatic heterocycles. The third kappa shape index (κ3) is 3.79. The van der Waals surface area contributed by atoms with Gasteiger partial charge in [-0.2, -0.15) is 0 Å². The van der Waals surface area contributed by atoms with Crippen LogP contribution in [-0.4, -0.2) is 25.5 Å². The molecule has 1 aliphatic carbocycles. The molecule has 0 saturated heterocycles. The summed E-state index contributed by atoms with van der Waals surface area (Å²) in [6, 6.07) is 2.65. The summed E-state index contributed by atoms with van der Waals surface area (Å²) in [5.74, 6) is -1.85. The van der Waals surface area contributed by atoms with Crippen molar-refractivity contribution in [2.45, 2.75) is 43.5 Å². The topological polar surface area (TPSA) is 83.5 Å². The molecule has 1 saturated carbocycles. The van der Waals surface area contributed by atoms with Gasteiger partial charge in [-0.1, -0.05) is 6.92 Å². The van der Waals surface area contributed by atoms with Gasteiger partial charge in [-0.3, -0.25) is 0 Å². The van der Waals surface area contributed by atoms with Crippen LogP contribution in [0, 0.1) is 11.7 Å². The van der Waals surface area contributed by atoms with Gasteiger partial charge in [-0.15, -0.1) is 0 Å². The predicted molar refractivity (Wildman–Crippen MR) is 75.1 cm³/mol. The van der Waals surface area contributed by atoms with E-state index >= 15 is 0 Å². The molecule has 2 N–H and O–H groups in total. The fourth-order valence-electron chi connectivity index (χ4n) is 2.50. The van der Waals surface area contributed by atoms with Crippen LogP contribution in [0.3, 0.4) is 0 Å². The zero-order valence-corrected chi connectivity index (χ0v) is 12.5. The number of sulfonamides is 1. The molecule has 0 heterocycles. The molecule has 0 radical (unpaired) electrons. The zero-order valence-electron chi connectivity index (χ0n) is 11.7. The maximum Gasteiger partial charge on any atom is 0.338 e. The Morgan fingerprint density at radius 3 is 2.48 bits per heavy atom. The Labute approximate surface area is 123 Å². The Morgan fingerprint density at radius 2 is 1.90 bits per heavy atom. The fourth-order valence-corrected chi connectivity index (χ4v) is 3.83. The van der Waals surface area contributed by atoms with Crippen molar-refractivity contribution >= 4 is 16.0 Å². The molecule has 0 aromatic heterocycles. The van der Waals surface area contributed by atoms with Crippen LogP contribution in [0.5, 0.6) is 0 Å². The van der Waals surface area contributed by atoms with E-state index in [9.17, 15) is 17.6 Å². The van der Waals surface area contributed by atoms with Crippen molar-refractivity contribution in [2.24, 2.45) is 5.92 Å². The van der Waals surface area contributed by atoms with Crippen LogP contribution in [0.25, 0.3) is 0 Å². The molecule has 0 atom stereocenters. The smallest absolute Gasteiger partial charge is 0.338 e. The van der Waals surface area contributed by atoms with Gasteiger partial charge in [-0.25, -0.2) is 22.3 Å². The number of hydrogen-bond donors (Lipinski definition) is 2. The molecule has 1 fully saturated rings. The van der Waals surface area contributed by atoms with E-state index < -0.39 is 27.4 Å². The van der Waals surface area contributed by atoms with Crippen molar-refractivity contribution in [3.63, 3.8) is 0 Å². The van der Waals surface area contributed by atoms with Crippen LogP contribution < -0.4 is 4.72 Å². The number of halogens is 1. The minimum atomic E-state index is -3.83. The van der Waals surface area contributed by atoms with Gasteiger partial charge in [-0.05, 0) is 49.8 Å².